The Morgan fingerprint density at radius 3 is 1.94 bits per heavy atom. The van der Waals surface area contributed by atoms with Crippen molar-refractivity contribution in [3.63, 3.8) is 0 Å². The van der Waals surface area contributed by atoms with Gasteiger partial charge in [0.05, 0.1) is 26.4 Å². The fourth-order valence-electron chi connectivity index (χ4n) is 1.53. The van der Waals surface area contributed by atoms with Crippen molar-refractivity contribution in [3.8, 4) is 0 Å². The van der Waals surface area contributed by atoms with E-state index in [1.165, 1.54) is 12.8 Å². The maximum atomic E-state index is 5.69. The minimum atomic E-state index is -0.0695. The number of rotatable bonds is 10. The first kappa shape index (κ1) is 15.6. The second-order valence-corrected chi connectivity index (χ2v) is 4.50. The molecule has 2 aliphatic rings. The van der Waals surface area contributed by atoms with Crippen LogP contribution >= 0.6 is 0 Å². The SMILES string of the molecule is C=C.CCCCCC(OCC1CO1)OCC1CO1. The van der Waals surface area contributed by atoms with Crippen molar-refractivity contribution >= 4 is 0 Å². The molecule has 2 unspecified atom stereocenters. The van der Waals surface area contributed by atoms with Crippen molar-refractivity contribution in [2.45, 2.75) is 51.1 Å². The highest BCUT2D eigenvalue weighted by Gasteiger charge is 2.27. The van der Waals surface area contributed by atoms with Crippen LogP contribution in [-0.4, -0.2) is 44.9 Å². The van der Waals surface area contributed by atoms with Gasteiger partial charge in [-0.15, -0.1) is 13.2 Å². The van der Waals surface area contributed by atoms with Crippen LogP contribution in [0.15, 0.2) is 13.2 Å². The number of hydrogen-bond donors (Lipinski definition) is 0. The van der Waals surface area contributed by atoms with E-state index in [9.17, 15) is 0 Å². The van der Waals surface area contributed by atoms with Crippen molar-refractivity contribution < 1.29 is 18.9 Å². The summed E-state index contributed by atoms with van der Waals surface area (Å²) in [6.45, 7) is 11.2. The number of epoxide rings is 2. The van der Waals surface area contributed by atoms with E-state index in [1.54, 1.807) is 0 Å². The van der Waals surface area contributed by atoms with Gasteiger partial charge in [-0.3, -0.25) is 0 Å². The number of hydrogen-bond acceptors (Lipinski definition) is 4. The zero-order chi connectivity index (χ0) is 13.2. The first-order valence-electron chi connectivity index (χ1n) is 6.85. The van der Waals surface area contributed by atoms with Gasteiger partial charge < -0.3 is 18.9 Å². The van der Waals surface area contributed by atoms with Crippen LogP contribution in [0.1, 0.15) is 32.6 Å². The first-order chi connectivity index (χ1) is 8.88. The van der Waals surface area contributed by atoms with E-state index in [-0.39, 0.29) is 6.29 Å². The lowest BCUT2D eigenvalue weighted by molar-refractivity contribution is -0.151. The van der Waals surface area contributed by atoms with Crippen LogP contribution in [0.4, 0.5) is 0 Å². The van der Waals surface area contributed by atoms with Gasteiger partial charge in [-0.2, -0.15) is 0 Å². The molecule has 2 aliphatic heterocycles. The molecule has 4 nitrogen and oxygen atoms in total. The monoisotopic (exact) mass is 258 g/mol. The smallest absolute Gasteiger partial charge is 0.157 e. The van der Waals surface area contributed by atoms with Gasteiger partial charge in [-0.25, -0.2) is 0 Å². The standard InChI is InChI=1S/C12H22O4.C2H4/c1-2-3-4-5-12(15-8-10-6-13-10)16-9-11-7-14-11;1-2/h10-12H,2-9H2,1H3;1-2H2. The Kier molecular flexibility index (Phi) is 8.25. The van der Waals surface area contributed by atoms with Crippen LogP contribution in [0.25, 0.3) is 0 Å². The van der Waals surface area contributed by atoms with Crippen LogP contribution in [-0.2, 0) is 18.9 Å². The highest BCUT2D eigenvalue weighted by Crippen LogP contribution is 2.16. The molecule has 0 spiro atoms. The molecular weight excluding hydrogens is 232 g/mol. The summed E-state index contributed by atoms with van der Waals surface area (Å²) in [7, 11) is 0. The summed E-state index contributed by atoms with van der Waals surface area (Å²) in [6.07, 6.45) is 5.17. The molecule has 0 aromatic heterocycles. The lowest BCUT2D eigenvalue weighted by Crippen LogP contribution is -2.22. The fraction of sp³-hybridized carbons (Fsp3) is 0.857. The quantitative estimate of drug-likeness (QED) is 0.261. The summed E-state index contributed by atoms with van der Waals surface area (Å²) < 4.78 is 21.6. The van der Waals surface area contributed by atoms with Crippen molar-refractivity contribution in [3.05, 3.63) is 13.2 Å². The summed E-state index contributed by atoms with van der Waals surface area (Å²) in [5.41, 5.74) is 0. The summed E-state index contributed by atoms with van der Waals surface area (Å²) in [5, 5.41) is 0. The molecule has 0 radical (unpaired) electrons. The van der Waals surface area contributed by atoms with Gasteiger partial charge in [-0.05, 0) is 12.8 Å². The molecule has 4 heteroatoms. The number of ether oxygens (including phenoxy) is 4. The van der Waals surface area contributed by atoms with Gasteiger partial charge in [-0.1, -0.05) is 19.8 Å². The molecule has 0 bridgehead atoms. The minimum Gasteiger partial charge on any atom is -0.371 e. The molecule has 0 aromatic carbocycles. The maximum absolute atomic E-state index is 5.69. The lowest BCUT2D eigenvalue weighted by atomic mass is 10.2. The summed E-state index contributed by atoms with van der Waals surface area (Å²) in [6, 6.07) is 0. The molecular formula is C14H26O4. The van der Waals surface area contributed by atoms with Gasteiger partial charge in [0, 0.05) is 0 Å². The number of unbranched alkanes of at least 4 members (excludes halogenated alkanes) is 2. The lowest BCUT2D eigenvalue weighted by Gasteiger charge is -2.17. The second-order valence-electron chi connectivity index (χ2n) is 4.50. The molecule has 0 amide bonds. The molecule has 2 atom stereocenters. The van der Waals surface area contributed by atoms with Crippen LogP contribution in [0, 0.1) is 0 Å². The van der Waals surface area contributed by atoms with E-state index in [0.29, 0.717) is 25.4 Å². The molecule has 2 fully saturated rings. The average molecular weight is 258 g/mol. The average Bonchev–Trinajstić information content (AvgIpc) is 3.29. The molecule has 18 heavy (non-hydrogen) atoms. The molecule has 0 aromatic rings. The Morgan fingerprint density at radius 2 is 1.56 bits per heavy atom. The summed E-state index contributed by atoms with van der Waals surface area (Å²) in [4.78, 5) is 0. The topological polar surface area (TPSA) is 43.5 Å². The third-order valence-corrected chi connectivity index (χ3v) is 2.78. The van der Waals surface area contributed by atoms with Gasteiger partial charge in [0.15, 0.2) is 6.29 Å². The Morgan fingerprint density at radius 1 is 1.06 bits per heavy atom. The third kappa shape index (κ3) is 7.82. The van der Waals surface area contributed by atoms with Crippen molar-refractivity contribution in [2.24, 2.45) is 0 Å². The predicted octanol–water partition coefficient (Wildman–Crippen LogP) is 2.53. The van der Waals surface area contributed by atoms with Crippen LogP contribution in [0.5, 0.6) is 0 Å². The van der Waals surface area contributed by atoms with Crippen molar-refractivity contribution in [1.29, 1.82) is 0 Å². The van der Waals surface area contributed by atoms with Gasteiger partial charge in [0.25, 0.3) is 0 Å². The molecule has 106 valence electrons. The van der Waals surface area contributed by atoms with Crippen molar-refractivity contribution in [2.75, 3.05) is 26.4 Å². The Balaban J connectivity index is 0.000000771. The van der Waals surface area contributed by atoms with E-state index in [0.717, 1.165) is 26.1 Å². The Labute approximate surface area is 110 Å². The predicted molar refractivity (Wildman–Crippen MR) is 70.6 cm³/mol. The highest BCUT2D eigenvalue weighted by atomic mass is 16.7. The van der Waals surface area contributed by atoms with Crippen LogP contribution in [0.3, 0.4) is 0 Å². The maximum Gasteiger partial charge on any atom is 0.157 e. The van der Waals surface area contributed by atoms with E-state index in [2.05, 4.69) is 20.1 Å². The highest BCUT2D eigenvalue weighted by molar-refractivity contribution is 4.69. The Hall–Kier alpha value is -0.420. The largest absolute Gasteiger partial charge is 0.371 e. The van der Waals surface area contributed by atoms with E-state index < -0.39 is 0 Å². The van der Waals surface area contributed by atoms with Gasteiger partial charge in [0.1, 0.15) is 12.2 Å². The van der Waals surface area contributed by atoms with E-state index in [1.807, 2.05) is 0 Å². The third-order valence-electron chi connectivity index (χ3n) is 2.78. The summed E-state index contributed by atoms with van der Waals surface area (Å²) in [5.74, 6) is 0. The molecule has 2 heterocycles. The molecule has 2 saturated heterocycles. The van der Waals surface area contributed by atoms with Crippen LogP contribution < -0.4 is 0 Å². The molecule has 0 N–H and O–H groups in total. The van der Waals surface area contributed by atoms with Crippen LogP contribution in [0.2, 0.25) is 0 Å². The van der Waals surface area contributed by atoms with E-state index >= 15 is 0 Å². The zero-order valence-corrected chi connectivity index (χ0v) is 11.4. The second kappa shape index (κ2) is 9.50. The first-order valence-corrected chi connectivity index (χ1v) is 6.85. The molecule has 0 saturated carbocycles. The normalized spacial score (nSPS) is 26.1. The van der Waals surface area contributed by atoms with Gasteiger partial charge >= 0.3 is 0 Å². The Bertz CT molecular complexity index is 186. The molecule has 2 rings (SSSR count). The zero-order valence-electron chi connectivity index (χ0n) is 11.4. The fourth-order valence-corrected chi connectivity index (χ4v) is 1.53. The summed E-state index contributed by atoms with van der Waals surface area (Å²) >= 11 is 0. The van der Waals surface area contributed by atoms with E-state index in [4.69, 9.17) is 18.9 Å². The van der Waals surface area contributed by atoms with Gasteiger partial charge in [0.2, 0.25) is 0 Å². The minimum absolute atomic E-state index is 0.0695. The van der Waals surface area contributed by atoms with Crippen molar-refractivity contribution in [1.82, 2.24) is 0 Å². The molecule has 0 aliphatic carbocycles.